The minimum absolute atomic E-state index is 0.117. The Labute approximate surface area is 270 Å². The van der Waals surface area contributed by atoms with E-state index in [1.807, 2.05) is 78.9 Å². The molecule has 0 bridgehead atoms. The Balaban J connectivity index is 1.35. The van der Waals surface area contributed by atoms with Crippen LogP contribution in [0.2, 0.25) is 0 Å². The fraction of sp³-hybridized carbons (Fsp3) is 0.412. The van der Waals surface area contributed by atoms with Crippen LogP contribution < -0.4 is 25.8 Å². The molecule has 0 saturated carbocycles. The van der Waals surface area contributed by atoms with E-state index in [2.05, 4.69) is 10.6 Å². The number of carbonyl (C=O) groups excluding carboxylic acids is 2. The summed E-state index contributed by atoms with van der Waals surface area (Å²) in [6, 6.07) is 24.2. The van der Waals surface area contributed by atoms with Gasteiger partial charge in [-0.3, -0.25) is 14.8 Å². The lowest BCUT2D eigenvalue weighted by molar-refractivity contribution is -0.902. The zero-order valence-corrected chi connectivity index (χ0v) is 26.4. The van der Waals surface area contributed by atoms with Gasteiger partial charge in [-0.05, 0) is 40.8 Å². The number of carbonyl (C=O) groups is 2. The van der Waals surface area contributed by atoms with Crippen molar-refractivity contribution >= 4 is 12.0 Å². The molecule has 248 valence electrons. The Bertz CT molecular complexity index is 1310. The van der Waals surface area contributed by atoms with Gasteiger partial charge in [0.2, 0.25) is 0 Å². The first-order valence-electron chi connectivity index (χ1n) is 15.7. The fourth-order valence-corrected chi connectivity index (χ4v) is 5.14. The Hall–Kier alpha value is -4.04. The van der Waals surface area contributed by atoms with Gasteiger partial charge in [-0.15, -0.1) is 0 Å². The molecule has 12 nitrogen and oxygen atoms in total. The number of ether oxygens (including phenoxy) is 3. The Kier molecular flexibility index (Phi) is 14.7. The van der Waals surface area contributed by atoms with Gasteiger partial charge in [0.15, 0.2) is 0 Å². The summed E-state index contributed by atoms with van der Waals surface area (Å²) in [4.78, 5) is 32.8. The molecule has 12 heteroatoms. The molecule has 2 amide bonds. The highest BCUT2D eigenvalue weighted by atomic mass is 16.7. The van der Waals surface area contributed by atoms with E-state index in [1.165, 1.54) is 9.96 Å². The number of rotatable bonds is 18. The van der Waals surface area contributed by atoms with Gasteiger partial charge in [0, 0.05) is 26.2 Å². The molecule has 1 heterocycles. The van der Waals surface area contributed by atoms with Crippen molar-refractivity contribution in [2.45, 2.75) is 25.6 Å². The minimum Gasteiger partial charge on any atom is -0.497 e. The summed E-state index contributed by atoms with van der Waals surface area (Å²) in [7, 11) is 1.64. The summed E-state index contributed by atoms with van der Waals surface area (Å²) in [5.74, 6) is 0.131. The predicted octanol–water partition coefficient (Wildman–Crippen LogP) is 1.79. The summed E-state index contributed by atoms with van der Waals surface area (Å²) < 4.78 is 16.4. The molecule has 1 fully saturated rings. The monoisotopic (exact) mass is 636 g/mol. The van der Waals surface area contributed by atoms with Crippen molar-refractivity contribution in [3.05, 3.63) is 90.0 Å². The maximum absolute atomic E-state index is 12.9. The van der Waals surface area contributed by atoms with E-state index < -0.39 is 18.0 Å². The number of nitrogens with one attached hydrogen (secondary N) is 4. The molecule has 5 N–H and O–H groups in total. The van der Waals surface area contributed by atoms with Crippen LogP contribution in [0.4, 0.5) is 4.79 Å². The first kappa shape index (κ1) is 34.8. The van der Waals surface area contributed by atoms with Crippen LogP contribution in [0.15, 0.2) is 78.9 Å². The standard InChI is InChI=1S/C34H45N5O7/c1-43-31-13-11-30(12-14-31)29-9-7-27(8-10-29)25-39(46-24-23-44-22-21-38-19-17-35-18-20-38)32(33(40)37-42)15-16-36-34(41)45-26-28-5-3-2-4-6-28/h2-14,32,35,42H,15-26H2,1H3,(H,36,41)(H,37,40)/p+1/t32-/m1/s1. The van der Waals surface area contributed by atoms with Crippen LogP contribution in [0.1, 0.15) is 17.5 Å². The van der Waals surface area contributed by atoms with Gasteiger partial charge in [-0.2, -0.15) is 5.06 Å². The van der Waals surface area contributed by atoms with Crippen molar-refractivity contribution in [1.29, 1.82) is 0 Å². The molecule has 0 unspecified atom stereocenters. The molecule has 3 aromatic carbocycles. The van der Waals surface area contributed by atoms with Crippen LogP contribution >= 0.6 is 0 Å². The van der Waals surface area contributed by atoms with Gasteiger partial charge in [-0.1, -0.05) is 66.7 Å². The van der Waals surface area contributed by atoms with Crippen LogP contribution in [-0.2, 0) is 32.3 Å². The molecule has 0 aliphatic carbocycles. The van der Waals surface area contributed by atoms with Crippen LogP contribution in [0, 0.1) is 0 Å². The second-order valence-electron chi connectivity index (χ2n) is 11.0. The highest BCUT2D eigenvalue weighted by Crippen LogP contribution is 2.23. The number of alkyl carbamates (subject to hydrolysis) is 1. The van der Waals surface area contributed by atoms with E-state index in [0.29, 0.717) is 13.2 Å². The van der Waals surface area contributed by atoms with Gasteiger partial charge >= 0.3 is 6.09 Å². The second-order valence-corrected chi connectivity index (χ2v) is 11.0. The van der Waals surface area contributed by atoms with Gasteiger partial charge in [0.05, 0.1) is 40.0 Å². The zero-order valence-electron chi connectivity index (χ0n) is 26.4. The smallest absolute Gasteiger partial charge is 0.407 e. The number of amides is 2. The van der Waals surface area contributed by atoms with E-state index in [-0.39, 0.29) is 32.7 Å². The number of methoxy groups -OCH3 is 1. The third kappa shape index (κ3) is 11.7. The molecule has 1 aliphatic rings. The average molecular weight is 637 g/mol. The lowest BCUT2D eigenvalue weighted by Crippen LogP contribution is -3.15. The van der Waals surface area contributed by atoms with Crippen molar-refractivity contribution in [2.75, 3.05) is 66.2 Å². The van der Waals surface area contributed by atoms with Crippen LogP contribution in [-0.4, -0.2) is 94.5 Å². The largest absolute Gasteiger partial charge is 0.497 e. The minimum atomic E-state index is -0.911. The number of hydrogen-bond acceptors (Lipinski definition) is 9. The molecule has 4 rings (SSSR count). The molecule has 46 heavy (non-hydrogen) atoms. The van der Waals surface area contributed by atoms with E-state index in [0.717, 1.165) is 60.7 Å². The number of quaternary nitrogens is 1. The zero-order chi connectivity index (χ0) is 32.4. The van der Waals surface area contributed by atoms with Crippen molar-refractivity contribution in [3.63, 3.8) is 0 Å². The molecule has 1 atom stereocenters. The summed E-state index contributed by atoms with van der Waals surface area (Å²) in [6.07, 6.45) is -0.446. The van der Waals surface area contributed by atoms with Gasteiger partial charge in [-0.25, -0.2) is 10.3 Å². The molecule has 3 aromatic rings. The van der Waals surface area contributed by atoms with E-state index in [9.17, 15) is 14.8 Å². The van der Waals surface area contributed by atoms with Crippen LogP contribution in [0.25, 0.3) is 11.1 Å². The van der Waals surface area contributed by atoms with Gasteiger partial charge < -0.3 is 29.7 Å². The lowest BCUT2D eigenvalue weighted by atomic mass is 10.0. The summed E-state index contributed by atoms with van der Waals surface area (Å²) >= 11 is 0. The third-order valence-corrected chi connectivity index (χ3v) is 7.77. The molecule has 1 aliphatic heterocycles. The molecular weight excluding hydrogens is 590 g/mol. The number of nitrogens with zero attached hydrogens (tertiary/aromatic N) is 1. The topological polar surface area (TPSA) is 135 Å². The van der Waals surface area contributed by atoms with Crippen LogP contribution in [0.3, 0.4) is 0 Å². The number of benzene rings is 3. The predicted molar refractivity (Wildman–Crippen MR) is 172 cm³/mol. The number of hydrogen-bond donors (Lipinski definition) is 5. The lowest BCUT2D eigenvalue weighted by Gasteiger charge is -2.29. The highest BCUT2D eigenvalue weighted by Gasteiger charge is 2.27. The Morgan fingerprint density at radius 3 is 2.28 bits per heavy atom. The maximum Gasteiger partial charge on any atom is 0.407 e. The number of hydroxylamine groups is 3. The maximum atomic E-state index is 12.9. The van der Waals surface area contributed by atoms with Crippen molar-refractivity contribution in [2.24, 2.45) is 0 Å². The van der Waals surface area contributed by atoms with E-state index >= 15 is 0 Å². The summed E-state index contributed by atoms with van der Waals surface area (Å²) in [5, 5.41) is 17.1. The SMILES string of the molecule is COc1ccc(-c2ccc(CN(OCCOCC[NH+]3CCNCC3)[C@H](CCNC(=O)OCc3ccccc3)C(=O)NO)cc2)cc1. The molecule has 0 radical (unpaired) electrons. The third-order valence-electron chi connectivity index (χ3n) is 7.77. The van der Waals surface area contributed by atoms with Crippen molar-refractivity contribution in [1.82, 2.24) is 21.2 Å². The average Bonchev–Trinajstić information content (AvgIpc) is 3.11. The van der Waals surface area contributed by atoms with E-state index in [4.69, 9.17) is 19.0 Å². The quantitative estimate of drug-likeness (QED) is 0.0805. The fourth-order valence-electron chi connectivity index (χ4n) is 5.14. The molecule has 0 aromatic heterocycles. The second kappa shape index (κ2) is 19.5. The first-order valence-corrected chi connectivity index (χ1v) is 15.7. The van der Waals surface area contributed by atoms with Gasteiger partial charge in [0.25, 0.3) is 5.91 Å². The van der Waals surface area contributed by atoms with Crippen molar-refractivity contribution < 1.29 is 38.7 Å². The Morgan fingerprint density at radius 2 is 1.61 bits per heavy atom. The Morgan fingerprint density at radius 1 is 0.913 bits per heavy atom. The van der Waals surface area contributed by atoms with Crippen LogP contribution in [0.5, 0.6) is 5.75 Å². The summed E-state index contributed by atoms with van der Waals surface area (Å²) in [5.41, 5.74) is 5.58. The molecular formula is C34H46N5O7+. The molecule has 0 spiro atoms. The number of piperazine rings is 1. The normalized spacial score (nSPS) is 14.1. The molecule has 1 saturated heterocycles. The first-order chi connectivity index (χ1) is 22.6. The van der Waals surface area contributed by atoms with Crippen molar-refractivity contribution in [3.8, 4) is 16.9 Å². The van der Waals surface area contributed by atoms with E-state index in [1.54, 1.807) is 12.6 Å². The van der Waals surface area contributed by atoms with Gasteiger partial charge in [0.1, 0.15) is 24.9 Å². The highest BCUT2D eigenvalue weighted by molar-refractivity contribution is 5.80. The summed E-state index contributed by atoms with van der Waals surface area (Å²) in [6.45, 7) is 6.78.